The number of benzene rings is 2. The van der Waals surface area contributed by atoms with Crippen LogP contribution in [0.25, 0.3) is 0 Å². The Bertz CT molecular complexity index is 628. The van der Waals surface area contributed by atoms with Crippen LogP contribution >= 0.6 is 23.2 Å². The number of carbonyl (C=O) groups is 1. The predicted molar refractivity (Wildman–Crippen MR) is 85.4 cm³/mol. The van der Waals surface area contributed by atoms with Gasteiger partial charge < -0.3 is 5.32 Å². The summed E-state index contributed by atoms with van der Waals surface area (Å²) in [6, 6.07) is 19.5. The van der Waals surface area contributed by atoms with E-state index >= 15 is 0 Å². The molecule has 1 aliphatic carbocycles. The number of hydrogen-bond donors (Lipinski definition) is 1. The molecule has 0 spiro atoms. The minimum atomic E-state index is -1.01. The predicted octanol–water partition coefficient (Wildman–Crippen LogP) is 3.89. The Morgan fingerprint density at radius 2 is 1.57 bits per heavy atom. The Labute approximate surface area is 134 Å². The van der Waals surface area contributed by atoms with Crippen molar-refractivity contribution in [3.63, 3.8) is 0 Å². The fourth-order valence-corrected chi connectivity index (χ4v) is 3.45. The van der Waals surface area contributed by atoms with Gasteiger partial charge in [-0.25, -0.2) is 0 Å². The van der Waals surface area contributed by atoms with Crippen molar-refractivity contribution in [1.29, 1.82) is 0 Å². The number of amides is 1. The lowest BCUT2D eigenvalue weighted by atomic mass is 10.1. The molecule has 0 radical (unpaired) electrons. The van der Waals surface area contributed by atoms with Crippen molar-refractivity contribution in [3.05, 3.63) is 71.8 Å². The molecule has 2 aromatic rings. The van der Waals surface area contributed by atoms with Gasteiger partial charge in [0.1, 0.15) is 4.33 Å². The summed E-state index contributed by atoms with van der Waals surface area (Å²) < 4.78 is -1.01. The maximum atomic E-state index is 12.3. The summed E-state index contributed by atoms with van der Waals surface area (Å²) in [5.74, 6) is -0.637. The molecule has 108 valence electrons. The molecule has 0 heterocycles. The largest absolute Gasteiger partial charge is 0.352 e. The van der Waals surface area contributed by atoms with E-state index in [2.05, 4.69) is 5.32 Å². The summed E-state index contributed by atoms with van der Waals surface area (Å²) in [6.07, 6.45) is 0. The number of carbonyl (C=O) groups excluding carboxylic acids is 1. The quantitative estimate of drug-likeness (QED) is 0.851. The van der Waals surface area contributed by atoms with Crippen LogP contribution in [0.15, 0.2) is 60.7 Å². The lowest BCUT2D eigenvalue weighted by molar-refractivity contribution is -0.122. The van der Waals surface area contributed by atoms with Gasteiger partial charge in [0.05, 0.1) is 5.92 Å². The number of alkyl halides is 2. The highest BCUT2D eigenvalue weighted by molar-refractivity contribution is 6.53. The van der Waals surface area contributed by atoms with Crippen LogP contribution < -0.4 is 5.32 Å². The first-order chi connectivity index (χ1) is 10.1. The van der Waals surface area contributed by atoms with Gasteiger partial charge >= 0.3 is 0 Å². The van der Waals surface area contributed by atoms with E-state index < -0.39 is 10.3 Å². The van der Waals surface area contributed by atoms with E-state index in [0.29, 0.717) is 6.54 Å². The Morgan fingerprint density at radius 1 is 1.00 bits per heavy atom. The van der Waals surface area contributed by atoms with Crippen molar-refractivity contribution in [2.75, 3.05) is 0 Å². The minimum Gasteiger partial charge on any atom is -0.352 e. The Morgan fingerprint density at radius 3 is 2.19 bits per heavy atom. The maximum absolute atomic E-state index is 12.3. The molecule has 21 heavy (non-hydrogen) atoms. The van der Waals surface area contributed by atoms with Gasteiger partial charge in [-0.2, -0.15) is 0 Å². The van der Waals surface area contributed by atoms with Gasteiger partial charge in [-0.1, -0.05) is 60.7 Å². The van der Waals surface area contributed by atoms with Crippen molar-refractivity contribution in [2.24, 2.45) is 5.92 Å². The molecule has 2 nitrogen and oxygen atoms in total. The van der Waals surface area contributed by atoms with Crippen LogP contribution in [0.5, 0.6) is 0 Å². The van der Waals surface area contributed by atoms with Gasteiger partial charge in [-0.3, -0.25) is 4.79 Å². The zero-order valence-electron chi connectivity index (χ0n) is 11.3. The molecular formula is C17H15Cl2NO. The van der Waals surface area contributed by atoms with E-state index in [4.69, 9.17) is 23.2 Å². The molecule has 1 fully saturated rings. The van der Waals surface area contributed by atoms with Crippen molar-refractivity contribution in [3.8, 4) is 0 Å². The highest BCUT2D eigenvalue weighted by Crippen LogP contribution is 2.64. The van der Waals surface area contributed by atoms with E-state index in [1.54, 1.807) is 0 Å². The highest BCUT2D eigenvalue weighted by atomic mass is 35.5. The lowest BCUT2D eigenvalue weighted by Crippen LogP contribution is -2.26. The Hall–Kier alpha value is -1.51. The van der Waals surface area contributed by atoms with Crippen molar-refractivity contribution >= 4 is 29.1 Å². The van der Waals surface area contributed by atoms with Crippen LogP contribution in [0.2, 0.25) is 0 Å². The molecule has 0 bridgehead atoms. The molecule has 2 aromatic carbocycles. The van der Waals surface area contributed by atoms with Crippen LogP contribution in [0.1, 0.15) is 17.0 Å². The van der Waals surface area contributed by atoms with Gasteiger partial charge in [0, 0.05) is 12.5 Å². The summed E-state index contributed by atoms with van der Waals surface area (Å²) in [7, 11) is 0. The molecule has 1 saturated carbocycles. The van der Waals surface area contributed by atoms with E-state index in [1.807, 2.05) is 60.7 Å². The zero-order valence-corrected chi connectivity index (χ0v) is 12.8. The van der Waals surface area contributed by atoms with Crippen molar-refractivity contribution in [1.82, 2.24) is 5.32 Å². The van der Waals surface area contributed by atoms with Crippen molar-refractivity contribution in [2.45, 2.75) is 16.8 Å². The van der Waals surface area contributed by atoms with Crippen LogP contribution in [-0.2, 0) is 11.3 Å². The molecule has 0 saturated heterocycles. The second-order valence-corrected chi connectivity index (χ2v) is 6.69. The second-order valence-electron chi connectivity index (χ2n) is 5.24. The summed E-state index contributed by atoms with van der Waals surface area (Å²) in [6.45, 7) is 0.488. The molecule has 3 rings (SSSR count). The van der Waals surface area contributed by atoms with E-state index in [1.165, 1.54) is 0 Å². The fraction of sp³-hybridized carbons (Fsp3) is 0.235. The fourth-order valence-electron chi connectivity index (χ4n) is 2.62. The van der Waals surface area contributed by atoms with Gasteiger partial charge in [0.25, 0.3) is 0 Å². The van der Waals surface area contributed by atoms with Crippen LogP contribution in [0.3, 0.4) is 0 Å². The SMILES string of the molecule is O=C(NCc1ccccc1)[C@@H]1[C@H](c2ccccc2)C1(Cl)Cl. The van der Waals surface area contributed by atoms with E-state index in [0.717, 1.165) is 11.1 Å². The smallest absolute Gasteiger partial charge is 0.227 e. The summed E-state index contributed by atoms with van der Waals surface area (Å²) >= 11 is 12.6. The number of rotatable bonds is 4. The topological polar surface area (TPSA) is 29.1 Å². The minimum absolute atomic E-state index is 0.0993. The average Bonchev–Trinajstić information content (AvgIpc) is 3.09. The van der Waals surface area contributed by atoms with Gasteiger partial charge in [-0.05, 0) is 11.1 Å². The molecule has 0 aromatic heterocycles. The third-order valence-corrected chi connectivity index (χ3v) is 4.74. The molecule has 1 aliphatic rings. The lowest BCUT2D eigenvalue weighted by Gasteiger charge is -2.05. The normalized spacial score (nSPS) is 22.6. The van der Waals surface area contributed by atoms with Crippen molar-refractivity contribution < 1.29 is 4.79 Å². The first-order valence-corrected chi connectivity index (χ1v) is 7.60. The van der Waals surface area contributed by atoms with Gasteiger partial charge in [0.2, 0.25) is 5.91 Å². The third kappa shape index (κ3) is 2.92. The average molecular weight is 320 g/mol. The first kappa shape index (κ1) is 14.4. The Balaban J connectivity index is 1.66. The molecule has 4 heteroatoms. The molecule has 2 atom stereocenters. The van der Waals surface area contributed by atoms with Gasteiger partial charge in [0.15, 0.2) is 0 Å². The number of nitrogens with one attached hydrogen (secondary N) is 1. The summed E-state index contributed by atoms with van der Waals surface area (Å²) in [5.41, 5.74) is 2.06. The first-order valence-electron chi connectivity index (χ1n) is 6.85. The zero-order chi connectivity index (χ0) is 14.9. The maximum Gasteiger partial charge on any atom is 0.227 e. The number of hydrogen-bond acceptors (Lipinski definition) is 1. The summed E-state index contributed by atoms with van der Waals surface area (Å²) in [5, 5.41) is 2.91. The molecule has 0 aliphatic heterocycles. The van der Waals surface area contributed by atoms with Crippen LogP contribution in [0, 0.1) is 5.92 Å². The molecule has 1 amide bonds. The monoisotopic (exact) mass is 319 g/mol. The highest BCUT2D eigenvalue weighted by Gasteiger charge is 2.67. The Kier molecular flexibility index (Phi) is 3.92. The van der Waals surface area contributed by atoms with E-state index in [-0.39, 0.29) is 11.8 Å². The summed E-state index contributed by atoms with van der Waals surface area (Å²) in [4.78, 5) is 12.3. The molecular weight excluding hydrogens is 305 g/mol. The third-order valence-electron chi connectivity index (χ3n) is 3.80. The van der Waals surface area contributed by atoms with E-state index in [9.17, 15) is 4.79 Å². The van der Waals surface area contributed by atoms with Crippen LogP contribution in [-0.4, -0.2) is 10.2 Å². The molecule has 0 unspecified atom stereocenters. The standard InChI is InChI=1S/C17H15Cl2NO/c18-17(19)14(13-9-5-2-6-10-13)15(17)16(21)20-11-12-7-3-1-4-8-12/h1-10,14-15H,11H2,(H,20,21)/t14-,15-/m0/s1. The molecule has 1 N–H and O–H groups in total. The van der Waals surface area contributed by atoms with Crippen LogP contribution in [0.4, 0.5) is 0 Å². The second kappa shape index (κ2) is 5.70. The number of halogens is 2. The van der Waals surface area contributed by atoms with Gasteiger partial charge in [-0.15, -0.1) is 23.2 Å².